The van der Waals surface area contributed by atoms with Crippen LogP contribution in [0.2, 0.25) is 5.02 Å². The van der Waals surface area contributed by atoms with Crippen LogP contribution in [0.4, 0.5) is 4.79 Å². The summed E-state index contributed by atoms with van der Waals surface area (Å²) < 4.78 is 6.26. The molecular formula is C38H46ClN3O7. The first kappa shape index (κ1) is 36.1. The SMILES string of the molecule is CC(C)(c1cccc(Cl)c1)C(OC(=O)N[C@@H](CC1CCCCC1)C(=O)N[C@@H](C[C@@H]1CCNC1=O)C(O)C(=O)O)c1ccc2ccccc2c1. The molecule has 0 radical (unpaired) electrons. The van der Waals surface area contributed by atoms with Gasteiger partial charge in [-0.3, -0.25) is 9.59 Å². The van der Waals surface area contributed by atoms with E-state index in [4.69, 9.17) is 16.3 Å². The van der Waals surface area contributed by atoms with Crippen molar-refractivity contribution in [2.45, 2.75) is 94.9 Å². The molecule has 262 valence electrons. The zero-order chi connectivity index (χ0) is 35.1. The lowest BCUT2D eigenvalue weighted by atomic mass is 9.76. The van der Waals surface area contributed by atoms with Crippen molar-refractivity contribution in [3.05, 3.63) is 82.9 Å². The summed E-state index contributed by atoms with van der Waals surface area (Å²) in [5, 5.41) is 30.9. The van der Waals surface area contributed by atoms with Gasteiger partial charge in [-0.15, -0.1) is 0 Å². The molecule has 1 aliphatic carbocycles. The topological polar surface area (TPSA) is 154 Å². The lowest BCUT2D eigenvalue weighted by Crippen LogP contribution is -2.55. The number of carboxylic acid groups (broad SMARTS) is 1. The number of alkyl carbamates (subject to hydrolysis) is 1. The number of hydrogen-bond donors (Lipinski definition) is 5. The van der Waals surface area contributed by atoms with E-state index in [1.54, 1.807) is 6.07 Å². The van der Waals surface area contributed by atoms with Crippen molar-refractivity contribution < 1.29 is 34.1 Å². The zero-order valence-corrected chi connectivity index (χ0v) is 28.7. The second-order valence-corrected chi connectivity index (χ2v) is 14.4. The normalized spacial score (nSPS) is 19.3. The number of carboxylic acids is 1. The molecule has 1 saturated carbocycles. The first-order valence-corrected chi connectivity index (χ1v) is 17.5. The maximum absolute atomic E-state index is 13.9. The predicted octanol–water partition coefficient (Wildman–Crippen LogP) is 6.03. The molecule has 1 aliphatic heterocycles. The van der Waals surface area contributed by atoms with Gasteiger partial charge < -0.3 is 30.9 Å². The molecule has 5 N–H and O–H groups in total. The van der Waals surface area contributed by atoms with Crippen molar-refractivity contribution in [1.29, 1.82) is 0 Å². The van der Waals surface area contributed by atoms with E-state index in [1.807, 2.05) is 74.5 Å². The van der Waals surface area contributed by atoms with Gasteiger partial charge in [-0.2, -0.15) is 0 Å². The molecule has 1 heterocycles. The Hall–Kier alpha value is -4.15. The number of ether oxygens (including phenoxy) is 1. The van der Waals surface area contributed by atoms with E-state index in [2.05, 4.69) is 16.0 Å². The van der Waals surface area contributed by atoms with Crippen molar-refractivity contribution in [3.63, 3.8) is 0 Å². The van der Waals surface area contributed by atoms with Gasteiger partial charge in [-0.1, -0.05) is 106 Å². The molecule has 2 fully saturated rings. The second-order valence-electron chi connectivity index (χ2n) is 14.0. The fourth-order valence-electron chi connectivity index (χ4n) is 7.21. The number of rotatable bonds is 13. The average Bonchev–Trinajstić information content (AvgIpc) is 3.50. The highest BCUT2D eigenvalue weighted by Crippen LogP contribution is 2.41. The number of carbonyl (C=O) groups is 4. The fourth-order valence-corrected chi connectivity index (χ4v) is 7.40. The van der Waals surface area contributed by atoms with E-state index in [0.717, 1.165) is 54.0 Å². The number of benzene rings is 3. The van der Waals surface area contributed by atoms with Gasteiger partial charge in [0.05, 0.1) is 6.04 Å². The third-order valence-electron chi connectivity index (χ3n) is 10.1. The highest BCUT2D eigenvalue weighted by Gasteiger charge is 2.39. The quantitative estimate of drug-likeness (QED) is 0.147. The summed E-state index contributed by atoms with van der Waals surface area (Å²) in [6.07, 6.45) is 2.11. The van der Waals surface area contributed by atoms with Crippen molar-refractivity contribution >= 4 is 46.3 Å². The van der Waals surface area contributed by atoms with Crippen molar-refractivity contribution in [2.75, 3.05) is 6.54 Å². The van der Waals surface area contributed by atoms with Crippen LogP contribution in [0, 0.1) is 11.8 Å². The number of carbonyl (C=O) groups excluding carboxylic acids is 3. The number of aliphatic carboxylic acids is 1. The molecule has 5 rings (SSSR count). The molecule has 49 heavy (non-hydrogen) atoms. The molecule has 11 heteroatoms. The number of halogens is 1. The fraction of sp³-hybridized carbons (Fsp3) is 0.474. The number of aliphatic hydroxyl groups is 1. The van der Waals surface area contributed by atoms with Crippen LogP contribution in [0.25, 0.3) is 10.8 Å². The lowest BCUT2D eigenvalue weighted by molar-refractivity contribution is -0.149. The number of fused-ring (bicyclic) bond motifs is 1. The minimum absolute atomic E-state index is 0.0521. The van der Waals surface area contributed by atoms with Crippen LogP contribution in [-0.2, 0) is 24.5 Å². The predicted molar refractivity (Wildman–Crippen MR) is 187 cm³/mol. The first-order chi connectivity index (χ1) is 23.4. The third-order valence-corrected chi connectivity index (χ3v) is 10.3. The number of nitrogens with one attached hydrogen (secondary N) is 3. The van der Waals surface area contributed by atoms with Crippen LogP contribution in [0.5, 0.6) is 0 Å². The zero-order valence-electron chi connectivity index (χ0n) is 28.0. The Morgan fingerprint density at radius 3 is 2.35 bits per heavy atom. The maximum atomic E-state index is 13.9. The molecule has 2 unspecified atom stereocenters. The summed E-state index contributed by atoms with van der Waals surface area (Å²) in [5.41, 5.74) is 0.847. The van der Waals surface area contributed by atoms with E-state index >= 15 is 0 Å². The van der Waals surface area contributed by atoms with Gasteiger partial charge in [0.15, 0.2) is 6.10 Å². The maximum Gasteiger partial charge on any atom is 0.408 e. The molecule has 1 saturated heterocycles. The molecule has 5 atom stereocenters. The Kier molecular flexibility index (Phi) is 11.8. The van der Waals surface area contributed by atoms with Crippen molar-refractivity contribution in [2.24, 2.45) is 11.8 Å². The Labute approximate surface area is 291 Å². The highest BCUT2D eigenvalue weighted by molar-refractivity contribution is 6.30. The summed E-state index contributed by atoms with van der Waals surface area (Å²) in [6, 6.07) is 18.9. The lowest BCUT2D eigenvalue weighted by Gasteiger charge is -2.36. The Morgan fingerprint density at radius 1 is 0.939 bits per heavy atom. The van der Waals surface area contributed by atoms with Gasteiger partial charge >= 0.3 is 12.1 Å². The molecule has 10 nitrogen and oxygen atoms in total. The summed E-state index contributed by atoms with van der Waals surface area (Å²) in [4.78, 5) is 51.9. The summed E-state index contributed by atoms with van der Waals surface area (Å²) in [6.45, 7) is 4.37. The van der Waals surface area contributed by atoms with Gasteiger partial charge in [-0.25, -0.2) is 9.59 Å². The highest BCUT2D eigenvalue weighted by atomic mass is 35.5. The monoisotopic (exact) mass is 691 g/mol. The standard InChI is InChI=1S/C38H46ClN3O7/c1-38(2,28-13-8-14-29(39)22-28)33(26-16-15-24-11-6-7-12-25(24)20-26)49-37(48)42-31(19-23-9-4-3-5-10-23)35(45)41-30(32(43)36(46)47)21-27-17-18-40-34(27)44/h6-8,11-16,20,22-23,27,30-33,43H,3-5,9-10,17-19,21H2,1-2H3,(H,40,44)(H,41,45)(H,42,48)(H,46,47)/t27-,30-,31-,32?,33?/m0/s1. The number of amides is 3. The van der Waals surface area contributed by atoms with Gasteiger partial charge in [0.2, 0.25) is 11.8 Å². The smallest absolute Gasteiger partial charge is 0.408 e. The van der Waals surface area contributed by atoms with Gasteiger partial charge in [0.1, 0.15) is 12.1 Å². The third kappa shape index (κ3) is 9.10. The average molecular weight is 692 g/mol. The van der Waals surface area contributed by atoms with Crippen LogP contribution in [0.15, 0.2) is 66.7 Å². The van der Waals surface area contributed by atoms with E-state index in [1.165, 1.54) is 0 Å². The van der Waals surface area contributed by atoms with Gasteiger partial charge in [0.25, 0.3) is 0 Å². The number of aliphatic hydroxyl groups excluding tert-OH is 1. The molecule has 0 bridgehead atoms. The molecule has 3 aromatic carbocycles. The summed E-state index contributed by atoms with van der Waals surface area (Å²) in [5.74, 6) is -2.79. The minimum Gasteiger partial charge on any atom is -0.479 e. The first-order valence-electron chi connectivity index (χ1n) is 17.1. The van der Waals surface area contributed by atoms with Crippen LogP contribution >= 0.6 is 11.6 Å². The molecule has 3 aromatic rings. The molecule has 2 aliphatic rings. The van der Waals surface area contributed by atoms with Crippen LogP contribution < -0.4 is 16.0 Å². The van der Waals surface area contributed by atoms with E-state index in [0.29, 0.717) is 24.4 Å². The Balaban J connectivity index is 1.42. The van der Waals surface area contributed by atoms with Gasteiger partial charge in [0, 0.05) is 22.9 Å². The van der Waals surface area contributed by atoms with Crippen LogP contribution in [0.1, 0.15) is 82.4 Å². The summed E-state index contributed by atoms with van der Waals surface area (Å²) >= 11 is 6.39. The van der Waals surface area contributed by atoms with Crippen molar-refractivity contribution in [1.82, 2.24) is 16.0 Å². The van der Waals surface area contributed by atoms with E-state index < -0.39 is 53.6 Å². The minimum atomic E-state index is -1.93. The number of hydrogen-bond acceptors (Lipinski definition) is 6. The van der Waals surface area contributed by atoms with E-state index in [-0.39, 0.29) is 18.2 Å². The Morgan fingerprint density at radius 2 is 1.67 bits per heavy atom. The summed E-state index contributed by atoms with van der Waals surface area (Å²) in [7, 11) is 0. The van der Waals surface area contributed by atoms with E-state index in [9.17, 15) is 29.4 Å². The second kappa shape index (κ2) is 16.0. The van der Waals surface area contributed by atoms with Crippen molar-refractivity contribution in [3.8, 4) is 0 Å². The largest absolute Gasteiger partial charge is 0.479 e. The molecule has 0 aromatic heterocycles. The van der Waals surface area contributed by atoms with Gasteiger partial charge in [-0.05, 0) is 65.3 Å². The Bertz CT molecular complexity index is 1660. The molecular weight excluding hydrogens is 646 g/mol. The molecule has 0 spiro atoms. The van der Waals surface area contributed by atoms with Crippen LogP contribution in [-0.4, -0.2) is 58.8 Å². The van der Waals surface area contributed by atoms with Crippen LogP contribution in [0.3, 0.4) is 0 Å². The molecule has 3 amide bonds.